The lowest BCUT2D eigenvalue weighted by Crippen LogP contribution is -2.46. The fourth-order valence-corrected chi connectivity index (χ4v) is 2.44. The van der Waals surface area contributed by atoms with Crippen LogP contribution in [-0.4, -0.2) is 36.2 Å². The number of aliphatic hydroxyl groups is 1. The molecular formula is C13H26N2O2. The Morgan fingerprint density at radius 3 is 2.76 bits per heavy atom. The smallest absolute Gasteiger partial charge is 0.223 e. The van der Waals surface area contributed by atoms with Gasteiger partial charge in [0.15, 0.2) is 0 Å². The number of piperidine rings is 1. The number of hydrogen-bond donors (Lipinski definition) is 3. The van der Waals surface area contributed by atoms with E-state index in [0.717, 1.165) is 25.8 Å². The Hall–Kier alpha value is -0.610. The van der Waals surface area contributed by atoms with Gasteiger partial charge < -0.3 is 15.7 Å². The molecule has 4 nitrogen and oxygen atoms in total. The van der Waals surface area contributed by atoms with Crippen LogP contribution in [0.2, 0.25) is 0 Å². The highest BCUT2D eigenvalue weighted by Gasteiger charge is 2.26. The van der Waals surface area contributed by atoms with Crippen molar-refractivity contribution in [3.63, 3.8) is 0 Å². The third-order valence-corrected chi connectivity index (χ3v) is 3.32. The standard InChI is InChI=1S/C13H26N2O2/c1-9(2)6-12(8-16)15-13(17)11-4-5-14-10(3)7-11/h9-12,14,16H,4-8H2,1-3H3,(H,15,17). The molecule has 0 aromatic heterocycles. The van der Waals surface area contributed by atoms with Crippen molar-refractivity contribution >= 4 is 5.91 Å². The van der Waals surface area contributed by atoms with Crippen LogP contribution in [0.1, 0.15) is 40.0 Å². The van der Waals surface area contributed by atoms with Crippen molar-refractivity contribution in [3.8, 4) is 0 Å². The molecule has 0 aliphatic carbocycles. The lowest BCUT2D eigenvalue weighted by molar-refractivity contribution is -0.127. The van der Waals surface area contributed by atoms with Crippen molar-refractivity contribution in [2.75, 3.05) is 13.2 Å². The van der Waals surface area contributed by atoms with Gasteiger partial charge in [0.1, 0.15) is 0 Å². The minimum Gasteiger partial charge on any atom is -0.394 e. The molecule has 1 aliphatic heterocycles. The molecular weight excluding hydrogens is 216 g/mol. The summed E-state index contributed by atoms with van der Waals surface area (Å²) in [7, 11) is 0. The highest BCUT2D eigenvalue weighted by atomic mass is 16.3. The van der Waals surface area contributed by atoms with Crippen molar-refractivity contribution in [2.45, 2.75) is 52.1 Å². The molecule has 1 heterocycles. The van der Waals surface area contributed by atoms with Crippen LogP contribution < -0.4 is 10.6 Å². The van der Waals surface area contributed by atoms with E-state index in [2.05, 4.69) is 31.4 Å². The normalized spacial score (nSPS) is 26.9. The fraction of sp³-hybridized carbons (Fsp3) is 0.923. The summed E-state index contributed by atoms with van der Waals surface area (Å²) in [5.41, 5.74) is 0. The quantitative estimate of drug-likeness (QED) is 0.671. The first-order chi connectivity index (χ1) is 8.02. The summed E-state index contributed by atoms with van der Waals surface area (Å²) in [6.07, 6.45) is 2.63. The van der Waals surface area contributed by atoms with Crippen LogP contribution >= 0.6 is 0 Å². The van der Waals surface area contributed by atoms with Crippen molar-refractivity contribution in [3.05, 3.63) is 0 Å². The van der Waals surface area contributed by atoms with Gasteiger partial charge in [-0.1, -0.05) is 13.8 Å². The van der Waals surface area contributed by atoms with Crippen molar-refractivity contribution < 1.29 is 9.90 Å². The van der Waals surface area contributed by atoms with Gasteiger partial charge in [-0.3, -0.25) is 4.79 Å². The number of carbonyl (C=O) groups is 1. The van der Waals surface area contributed by atoms with Crippen LogP contribution in [0.3, 0.4) is 0 Å². The molecule has 1 saturated heterocycles. The molecule has 1 fully saturated rings. The Labute approximate surface area is 104 Å². The van der Waals surface area contributed by atoms with Gasteiger partial charge in [-0.25, -0.2) is 0 Å². The molecule has 0 bridgehead atoms. The summed E-state index contributed by atoms with van der Waals surface area (Å²) in [6, 6.07) is 0.324. The Balaban J connectivity index is 2.40. The van der Waals surface area contributed by atoms with Gasteiger partial charge in [-0.05, 0) is 38.6 Å². The summed E-state index contributed by atoms with van der Waals surface area (Å²) in [5, 5.41) is 15.6. The van der Waals surface area contributed by atoms with Crippen LogP contribution in [0.15, 0.2) is 0 Å². The second kappa shape index (κ2) is 6.97. The van der Waals surface area contributed by atoms with E-state index in [1.54, 1.807) is 0 Å². The van der Waals surface area contributed by atoms with Crippen LogP contribution in [-0.2, 0) is 4.79 Å². The maximum Gasteiger partial charge on any atom is 0.223 e. The van der Waals surface area contributed by atoms with E-state index >= 15 is 0 Å². The van der Waals surface area contributed by atoms with E-state index in [1.807, 2.05) is 0 Å². The molecule has 3 unspecified atom stereocenters. The maximum atomic E-state index is 12.0. The van der Waals surface area contributed by atoms with Gasteiger partial charge in [-0.2, -0.15) is 0 Å². The molecule has 0 aromatic rings. The van der Waals surface area contributed by atoms with Gasteiger partial charge in [-0.15, -0.1) is 0 Å². The first-order valence-corrected chi connectivity index (χ1v) is 6.67. The molecule has 0 saturated carbocycles. The van der Waals surface area contributed by atoms with Crippen LogP contribution in [0.4, 0.5) is 0 Å². The summed E-state index contributed by atoms with van der Waals surface area (Å²) >= 11 is 0. The average Bonchev–Trinajstić information content (AvgIpc) is 2.27. The number of nitrogens with one attached hydrogen (secondary N) is 2. The monoisotopic (exact) mass is 242 g/mol. The Morgan fingerprint density at radius 2 is 2.24 bits per heavy atom. The SMILES string of the molecule is CC(C)CC(CO)NC(=O)C1CCNC(C)C1. The summed E-state index contributed by atoms with van der Waals surface area (Å²) in [5.74, 6) is 0.699. The number of aliphatic hydroxyl groups excluding tert-OH is 1. The third-order valence-electron chi connectivity index (χ3n) is 3.32. The number of rotatable bonds is 5. The second-order valence-corrected chi connectivity index (χ2v) is 5.59. The summed E-state index contributed by atoms with van der Waals surface area (Å²) in [4.78, 5) is 12.0. The first kappa shape index (κ1) is 14.5. The van der Waals surface area contributed by atoms with E-state index in [9.17, 15) is 9.90 Å². The molecule has 3 atom stereocenters. The highest BCUT2D eigenvalue weighted by Crippen LogP contribution is 2.16. The van der Waals surface area contributed by atoms with Crippen LogP contribution in [0.5, 0.6) is 0 Å². The summed E-state index contributed by atoms with van der Waals surface area (Å²) in [6.45, 7) is 7.25. The zero-order valence-corrected chi connectivity index (χ0v) is 11.2. The van der Waals surface area contributed by atoms with Gasteiger partial charge in [0.2, 0.25) is 5.91 Å². The molecule has 0 spiro atoms. The third kappa shape index (κ3) is 5.04. The predicted molar refractivity (Wildman–Crippen MR) is 68.7 cm³/mol. The Morgan fingerprint density at radius 1 is 1.53 bits per heavy atom. The molecule has 4 heteroatoms. The number of amides is 1. The van der Waals surface area contributed by atoms with Crippen molar-refractivity contribution in [1.82, 2.24) is 10.6 Å². The Kier molecular flexibility index (Phi) is 5.92. The second-order valence-electron chi connectivity index (χ2n) is 5.59. The largest absolute Gasteiger partial charge is 0.394 e. The van der Waals surface area contributed by atoms with E-state index in [1.165, 1.54) is 0 Å². The number of carbonyl (C=O) groups excluding carboxylic acids is 1. The molecule has 1 rings (SSSR count). The van der Waals surface area contributed by atoms with E-state index in [4.69, 9.17) is 0 Å². The minimum atomic E-state index is -0.0901. The average molecular weight is 242 g/mol. The van der Waals surface area contributed by atoms with Crippen molar-refractivity contribution in [2.24, 2.45) is 11.8 Å². The van der Waals surface area contributed by atoms with E-state index in [0.29, 0.717) is 12.0 Å². The Bertz CT molecular complexity index is 244. The molecule has 3 N–H and O–H groups in total. The molecule has 100 valence electrons. The number of hydrogen-bond acceptors (Lipinski definition) is 3. The maximum absolute atomic E-state index is 12.0. The van der Waals surface area contributed by atoms with Crippen molar-refractivity contribution in [1.29, 1.82) is 0 Å². The zero-order valence-electron chi connectivity index (χ0n) is 11.2. The predicted octanol–water partition coefficient (Wildman–Crippen LogP) is 0.898. The van der Waals surface area contributed by atoms with Gasteiger partial charge in [0, 0.05) is 12.0 Å². The minimum absolute atomic E-state index is 0.0322. The molecule has 0 radical (unpaired) electrons. The van der Waals surface area contributed by atoms with Gasteiger partial charge >= 0.3 is 0 Å². The highest BCUT2D eigenvalue weighted by molar-refractivity contribution is 5.79. The molecule has 0 aromatic carbocycles. The topological polar surface area (TPSA) is 61.4 Å². The fourth-order valence-electron chi connectivity index (χ4n) is 2.44. The first-order valence-electron chi connectivity index (χ1n) is 6.67. The molecule has 17 heavy (non-hydrogen) atoms. The van der Waals surface area contributed by atoms with Crippen LogP contribution in [0, 0.1) is 11.8 Å². The van der Waals surface area contributed by atoms with Crippen LogP contribution in [0.25, 0.3) is 0 Å². The molecule has 1 aliphatic rings. The molecule has 1 amide bonds. The van der Waals surface area contributed by atoms with Gasteiger partial charge in [0.25, 0.3) is 0 Å². The lowest BCUT2D eigenvalue weighted by atomic mass is 9.92. The lowest BCUT2D eigenvalue weighted by Gasteiger charge is -2.29. The summed E-state index contributed by atoms with van der Waals surface area (Å²) < 4.78 is 0. The van der Waals surface area contributed by atoms with E-state index < -0.39 is 0 Å². The van der Waals surface area contributed by atoms with E-state index in [-0.39, 0.29) is 24.5 Å². The zero-order chi connectivity index (χ0) is 12.8. The van der Waals surface area contributed by atoms with Gasteiger partial charge in [0.05, 0.1) is 12.6 Å².